The zero-order chi connectivity index (χ0) is 12.3. The van der Waals surface area contributed by atoms with Gasteiger partial charge in [-0.15, -0.1) is 0 Å². The summed E-state index contributed by atoms with van der Waals surface area (Å²) in [6.07, 6.45) is 0. The maximum atomic E-state index is 5.75. The smallest absolute Gasteiger partial charge is 0.134 e. The Bertz CT molecular complexity index is 493. The Labute approximate surface area is 101 Å². The van der Waals surface area contributed by atoms with E-state index < -0.39 is 0 Å². The Morgan fingerprint density at radius 3 is 2.94 bits per heavy atom. The number of ether oxygens (including phenoxy) is 1. The molecule has 1 atom stereocenters. The van der Waals surface area contributed by atoms with Crippen molar-refractivity contribution >= 4 is 11.0 Å². The number of hydrogen-bond donors (Lipinski definition) is 2. The molecule has 1 unspecified atom stereocenters. The van der Waals surface area contributed by atoms with Gasteiger partial charge < -0.3 is 9.15 Å². The molecule has 0 aliphatic rings. The Kier molecular flexibility index (Phi) is 3.78. The zero-order valence-corrected chi connectivity index (χ0v) is 10.2. The van der Waals surface area contributed by atoms with Crippen LogP contribution in [0.5, 0.6) is 0 Å². The van der Waals surface area contributed by atoms with E-state index in [0.717, 1.165) is 16.7 Å². The predicted octanol–water partition coefficient (Wildman–Crippen LogP) is 2.28. The number of hydrazine groups is 1. The van der Waals surface area contributed by atoms with Crippen molar-refractivity contribution in [2.45, 2.75) is 19.9 Å². The second-order valence-electron chi connectivity index (χ2n) is 4.07. The molecule has 4 heteroatoms. The third-order valence-corrected chi connectivity index (χ3v) is 2.72. The van der Waals surface area contributed by atoms with Crippen molar-refractivity contribution in [2.75, 3.05) is 13.2 Å². The summed E-state index contributed by atoms with van der Waals surface area (Å²) in [5.41, 5.74) is 4.80. The first-order valence-corrected chi connectivity index (χ1v) is 5.78. The highest BCUT2D eigenvalue weighted by atomic mass is 16.5. The average molecular weight is 234 g/mol. The van der Waals surface area contributed by atoms with Crippen LogP contribution in [0.25, 0.3) is 11.0 Å². The highest BCUT2D eigenvalue weighted by Crippen LogP contribution is 2.24. The monoisotopic (exact) mass is 234 g/mol. The topological polar surface area (TPSA) is 60.4 Å². The largest absolute Gasteiger partial charge is 0.459 e. The van der Waals surface area contributed by atoms with Gasteiger partial charge in [0.2, 0.25) is 0 Å². The molecule has 2 rings (SSSR count). The van der Waals surface area contributed by atoms with Gasteiger partial charge in [-0.1, -0.05) is 11.6 Å². The minimum absolute atomic E-state index is 0.109. The molecule has 1 heterocycles. The first-order chi connectivity index (χ1) is 8.24. The number of furan rings is 1. The number of fused-ring (bicyclic) bond motifs is 1. The van der Waals surface area contributed by atoms with E-state index in [-0.39, 0.29) is 6.04 Å². The Balaban J connectivity index is 2.27. The first kappa shape index (κ1) is 12.1. The van der Waals surface area contributed by atoms with E-state index in [9.17, 15) is 0 Å². The van der Waals surface area contributed by atoms with Gasteiger partial charge in [0.05, 0.1) is 6.61 Å². The molecular formula is C13H18N2O2. The van der Waals surface area contributed by atoms with Crippen LogP contribution in [-0.2, 0) is 4.74 Å². The summed E-state index contributed by atoms with van der Waals surface area (Å²) in [4.78, 5) is 0. The number of rotatable bonds is 5. The van der Waals surface area contributed by atoms with Crippen LogP contribution in [0.15, 0.2) is 28.7 Å². The van der Waals surface area contributed by atoms with Gasteiger partial charge in [0.25, 0.3) is 0 Å². The lowest BCUT2D eigenvalue weighted by molar-refractivity contribution is 0.117. The van der Waals surface area contributed by atoms with Gasteiger partial charge in [-0.3, -0.25) is 5.84 Å². The van der Waals surface area contributed by atoms with Crippen molar-refractivity contribution in [1.29, 1.82) is 0 Å². The number of nitrogens with two attached hydrogens (primary N) is 1. The second-order valence-corrected chi connectivity index (χ2v) is 4.07. The molecule has 0 bridgehead atoms. The van der Waals surface area contributed by atoms with Gasteiger partial charge in [0, 0.05) is 12.0 Å². The van der Waals surface area contributed by atoms with E-state index in [2.05, 4.69) is 18.4 Å². The van der Waals surface area contributed by atoms with E-state index in [4.69, 9.17) is 15.0 Å². The van der Waals surface area contributed by atoms with Crippen molar-refractivity contribution in [3.8, 4) is 0 Å². The summed E-state index contributed by atoms with van der Waals surface area (Å²) in [6.45, 7) is 5.18. The minimum Gasteiger partial charge on any atom is -0.459 e. The lowest BCUT2D eigenvalue weighted by atomic mass is 10.1. The molecule has 3 N–H and O–H groups in total. The zero-order valence-electron chi connectivity index (χ0n) is 10.2. The quantitative estimate of drug-likeness (QED) is 0.615. The molecule has 0 spiro atoms. The minimum atomic E-state index is -0.109. The van der Waals surface area contributed by atoms with E-state index in [1.807, 2.05) is 25.1 Å². The normalized spacial score (nSPS) is 13.1. The Morgan fingerprint density at radius 1 is 1.41 bits per heavy atom. The fourth-order valence-corrected chi connectivity index (χ4v) is 1.80. The molecule has 0 amide bonds. The fraction of sp³-hybridized carbons (Fsp3) is 0.385. The number of nitrogens with one attached hydrogen (secondary N) is 1. The van der Waals surface area contributed by atoms with E-state index >= 15 is 0 Å². The van der Waals surface area contributed by atoms with Crippen LogP contribution in [0.2, 0.25) is 0 Å². The molecule has 17 heavy (non-hydrogen) atoms. The van der Waals surface area contributed by atoms with E-state index in [0.29, 0.717) is 13.2 Å². The Hall–Kier alpha value is -1.36. The SMILES string of the molecule is CCOCC(NN)c1cc2cc(C)ccc2o1. The van der Waals surface area contributed by atoms with Crippen molar-refractivity contribution in [3.63, 3.8) is 0 Å². The summed E-state index contributed by atoms with van der Waals surface area (Å²) in [5, 5.41) is 1.09. The van der Waals surface area contributed by atoms with Crippen LogP contribution in [0.4, 0.5) is 0 Å². The van der Waals surface area contributed by atoms with E-state index in [1.54, 1.807) is 0 Å². The van der Waals surface area contributed by atoms with Crippen LogP contribution >= 0.6 is 0 Å². The van der Waals surface area contributed by atoms with E-state index in [1.165, 1.54) is 5.56 Å². The molecule has 4 nitrogen and oxygen atoms in total. The lowest BCUT2D eigenvalue weighted by Gasteiger charge is -2.12. The summed E-state index contributed by atoms with van der Waals surface area (Å²) >= 11 is 0. The summed E-state index contributed by atoms with van der Waals surface area (Å²) in [5.74, 6) is 6.31. The number of aryl methyl sites for hydroxylation is 1. The van der Waals surface area contributed by atoms with Crippen LogP contribution in [0.1, 0.15) is 24.3 Å². The van der Waals surface area contributed by atoms with Gasteiger partial charge in [-0.05, 0) is 32.0 Å². The average Bonchev–Trinajstić information content (AvgIpc) is 2.72. The van der Waals surface area contributed by atoms with Crippen LogP contribution in [0.3, 0.4) is 0 Å². The molecular weight excluding hydrogens is 216 g/mol. The summed E-state index contributed by atoms with van der Waals surface area (Å²) in [7, 11) is 0. The molecule has 92 valence electrons. The van der Waals surface area contributed by atoms with Gasteiger partial charge in [-0.2, -0.15) is 0 Å². The molecule has 2 aromatic rings. The summed E-state index contributed by atoms with van der Waals surface area (Å²) < 4.78 is 11.1. The second kappa shape index (κ2) is 5.31. The lowest BCUT2D eigenvalue weighted by Crippen LogP contribution is -2.31. The first-order valence-electron chi connectivity index (χ1n) is 5.78. The molecule has 0 saturated heterocycles. The van der Waals surface area contributed by atoms with Crippen LogP contribution in [0, 0.1) is 6.92 Å². The molecule has 1 aromatic carbocycles. The Morgan fingerprint density at radius 2 is 2.24 bits per heavy atom. The highest BCUT2D eigenvalue weighted by molar-refractivity contribution is 5.78. The highest BCUT2D eigenvalue weighted by Gasteiger charge is 2.14. The fourth-order valence-electron chi connectivity index (χ4n) is 1.80. The van der Waals surface area contributed by atoms with Crippen molar-refractivity contribution in [1.82, 2.24) is 5.43 Å². The van der Waals surface area contributed by atoms with Crippen LogP contribution in [-0.4, -0.2) is 13.2 Å². The number of benzene rings is 1. The molecule has 0 fully saturated rings. The van der Waals surface area contributed by atoms with Crippen molar-refractivity contribution in [3.05, 3.63) is 35.6 Å². The third kappa shape index (κ3) is 2.66. The van der Waals surface area contributed by atoms with Gasteiger partial charge in [0.1, 0.15) is 17.4 Å². The van der Waals surface area contributed by atoms with Gasteiger partial charge in [0.15, 0.2) is 0 Å². The van der Waals surface area contributed by atoms with Crippen molar-refractivity contribution < 1.29 is 9.15 Å². The molecule has 0 radical (unpaired) electrons. The molecule has 0 aliphatic carbocycles. The maximum Gasteiger partial charge on any atom is 0.134 e. The van der Waals surface area contributed by atoms with Gasteiger partial charge in [-0.25, -0.2) is 5.43 Å². The molecule has 0 aliphatic heterocycles. The third-order valence-electron chi connectivity index (χ3n) is 2.72. The maximum absolute atomic E-state index is 5.75. The number of hydrogen-bond acceptors (Lipinski definition) is 4. The summed E-state index contributed by atoms with van der Waals surface area (Å²) in [6, 6.07) is 8.00. The molecule has 1 aromatic heterocycles. The predicted molar refractivity (Wildman–Crippen MR) is 67.5 cm³/mol. The molecule has 0 saturated carbocycles. The van der Waals surface area contributed by atoms with Crippen molar-refractivity contribution in [2.24, 2.45) is 5.84 Å². The standard InChI is InChI=1S/C13H18N2O2/c1-3-16-8-11(15-14)13-7-10-6-9(2)4-5-12(10)17-13/h4-7,11,15H,3,8,14H2,1-2H3. The van der Waals surface area contributed by atoms with Crippen LogP contribution < -0.4 is 11.3 Å². The van der Waals surface area contributed by atoms with Gasteiger partial charge >= 0.3 is 0 Å².